The van der Waals surface area contributed by atoms with Gasteiger partial charge in [0.1, 0.15) is 0 Å². The van der Waals surface area contributed by atoms with E-state index in [1.54, 1.807) is 0 Å². The molecule has 0 atom stereocenters. The first-order chi connectivity index (χ1) is 5.79. The largest absolute Gasteiger partial charge is 0.662 e. The fraction of sp³-hybridized carbons (Fsp3) is 0.889. The normalized spacial score (nSPS) is 19.3. The molecular formula is C9H16NO2-. The predicted molar refractivity (Wildman–Crippen MR) is 47.3 cm³/mol. The van der Waals surface area contributed by atoms with Gasteiger partial charge >= 0.3 is 5.97 Å². The third kappa shape index (κ3) is 3.72. The summed E-state index contributed by atoms with van der Waals surface area (Å²) in [6, 6.07) is 0. The number of carbonyl (C=O) groups is 1. The number of hydrogen-bond donors (Lipinski definition) is 1. The van der Waals surface area contributed by atoms with Crippen molar-refractivity contribution in [1.29, 1.82) is 0 Å². The lowest BCUT2D eigenvalue weighted by molar-refractivity contribution is -0.137. The van der Waals surface area contributed by atoms with Crippen LogP contribution in [0.2, 0.25) is 0 Å². The van der Waals surface area contributed by atoms with Crippen LogP contribution in [0.5, 0.6) is 0 Å². The van der Waals surface area contributed by atoms with Crippen molar-refractivity contribution in [2.75, 3.05) is 13.1 Å². The van der Waals surface area contributed by atoms with Crippen LogP contribution in [-0.2, 0) is 4.79 Å². The van der Waals surface area contributed by atoms with E-state index in [1.807, 2.05) is 0 Å². The van der Waals surface area contributed by atoms with Crippen molar-refractivity contribution >= 4 is 5.97 Å². The Morgan fingerprint density at radius 1 is 1.42 bits per heavy atom. The van der Waals surface area contributed by atoms with Crippen molar-refractivity contribution < 1.29 is 9.90 Å². The molecule has 0 unspecified atom stereocenters. The zero-order chi connectivity index (χ0) is 8.81. The van der Waals surface area contributed by atoms with Crippen LogP contribution in [0, 0.1) is 5.92 Å². The van der Waals surface area contributed by atoms with E-state index in [9.17, 15) is 4.79 Å². The fourth-order valence-corrected chi connectivity index (χ4v) is 1.63. The summed E-state index contributed by atoms with van der Waals surface area (Å²) in [5.41, 5.74) is 0. The van der Waals surface area contributed by atoms with Crippen LogP contribution in [0.15, 0.2) is 0 Å². The van der Waals surface area contributed by atoms with Gasteiger partial charge in [-0.1, -0.05) is 19.3 Å². The van der Waals surface area contributed by atoms with Crippen molar-refractivity contribution in [3.63, 3.8) is 0 Å². The summed E-state index contributed by atoms with van der Waals surface area (Å²) in [5, 5.41) is 12.7. The van der Waals surface area contributed by atoms with Crippen molar-refractivity contribution in [3.8, 4) is 0 Å². The van der Waals surface area contributed by atoms with Gasteiger partial charge in [0.15, 0.2) is 0 Å². The summed E-state index contributed by atoms with van der Waals surface area (Å²) < 4.78 is 0. The number of hydrogen-bond acceptors (Lipinski definition) is 1. The molecule has 0 aromatic rings. The maximum absolute atomic E-state index is 10.2. The average molecular weight is 170 g/mol. The van der Waals surface area contributed by atoms with Crippen molar-refractivity contribution in [2.45, 2.75) is 32.1 Å². The molecule has 1 saturated heterocycles. The van der Waals surface area contributed by atoms with Gasteiger partial charge in [-0.2, -0.15) is 0 Å². The van der Waals surface area contributed by atoms with Crippen molar-refractivity contribution in [2.24, 2.45) is 5.92 Å². The summed E-state index contributed by atoms with van der Waals surface area (Å²) >= 11 is 0. The highest BCUT2D eigenvalue weighted by Gasteiger charge is 2.08. The van der Waals surface area contributed by atoms with Gasteiger partial charge in [-0.15, -0.1) is 13.1 Å². The SMILES string of the molecule is O=C(O)CCCC1CC[N-]CC1. The Morgan fingerprint density at radius 2 is 2.08 bits per heavy atom. The Kier molecular flexibility index (Phi) is 4.08. The van der Waals surface area contributed by atoms with E-state index < -0.39 is 5.97 Å². The quantitative estimate of drug-likeness (QED) is 0.701. The molecule has 1 aliphatic rings. The molecule has 3 heteroatoms. The summed E-state index contributed by atoms with van der Waals surface area (Å²) in [6.45, 7) is 1.97. The second-order valence-electron chi connectivity index (χ2n) is 3.40. The molecule has 1 aliphatic heterocycles. The molecule has 0 saturated carbocycles. The molecule has 1 rings (SSSR count). The van der Waals surface area contributed by atoms with Crippen molar-refractivity contribution in [3.05, 3.63) is 5.32 Å². The third-order valence-corrected chi connectivity index (χ3v) is 2.39. The fourth-order valence-electron chi connectivity index (χ4n) is 1.63. The zero-order valence-corrected chi connectivity index (χ0v) is 7.33. The van der Waals surface area contributed by atoms with Gasteiger partial charge in [0.2, 0.25) is 0 Å². The highest BCUT2D eigenvalue weighted by molar-refractivity contribution is 5.66. The Hall–Kier alpha value is -0.570. The number of carboxylic acid groups (broad SMARTS) is 1. The second-order valence-corrected chi connectivity index (χ2v) is 3.40. The highest BCUT2D eigenvalue weighted by Crippen LogP contribution is 2.22. The van der Waals surface area contributed by atoms with E-state index >= 15 is 0 Å². The topological polar surface area (TPSA) is 51.4 Å². The number of piperidine rings is 1. The van der Waals surface area contributed by atoms with Crippen LogP contribution in [-0.4, -0.2) is 24.2 Å². The molecule has 1 heterocycles. The molecule has 0 aromatic carbocycles. The van der Waals surface area contributed by atoms with E-state index in [2.05, 4.69) is 5.32 Å². The monoisotopic (exact) mass is 170 g/mol. The minimum atomic E-state index is -0.671. The van der Waals surface area contributed by atoms with Gasteiger partial charge in [0.25, 0.3) is 0 Å². The van der Waals surface area contributed by atoms with Crippen molar-refractivity contribution in [1.82, 2.24) is 0 Å². The van der Waals surface area contributed by atoms with Crippen LogP contribution < -0.4 is 0 Å². The predicted octanol–water partition coefficient (Wildman–Crippen LogP) is 2.03. The Bertz CT molecular complexity index is 141. The van der Waals surface area contributed by atoms with Crippen LogP contribution in [0.4, 0.5) is 0 Å². The highest BCUT2D eigenvalue weighted by atomic mass is 16.4. The summed E-state index contributed by atoms with van der Waals surface area (Å²) in [7, 11) is 0. The number of nitrogens with zero attached hydrogens (tertiary/aromatic N) is 1. The molecule has 70 valence electrons. The minimum absolute atomic E-state index is 0.327. The van der Waals surface area contributed by atoms with Gasteiger partial charge in [-0.3, -0.25) is 4.79 Å². The Morgan fingerprint density at radius 3 is 2.67 bits per heavy atom. The maximum atomic E-state index is 10.2. The summed E-state index contributed by atoms with van der Waals surface area (Å²) in [5.74, 6) is 0.0670. The summed E-state index contributed by atoms with van der Waals surface area (Å²) in [4.78, 5) is 10.2. The Balaban J connectivity index is 2.01. The number of carboxylic acids is 1. The third-order valence-electron chi connectivity index (χ3n) is 2.39. The van der Waals surface area contributed by atoms with Gasteiger partial charge in [-0.25, -0.2) is 0 Å². The van der Waals surface area contributed by atoms with E-state index in [4.69, 9.17) is 5.11 Å². The molecule has 12 heavy (non-hydrogen) atoms. The first-order valence-electron chi connectivity index (χ1n) is 4.64. The Labute approximate surface area is 73.2 Å². The van der Waals surface area contributed by atoms with E-state index in [-0.39, 0.29) is 0 Å². The number of rotatable bonds is 4. The van der Waals surface area contributed by atoms with Crippen LogP contribution in [0.3, 0.4) is 0 Å². The molecule has 0 bridgehead atoms. The van der Waals surface area contributed by atoms with Crippen LogP contribution >= 0.6 is 0 Å². The van der Waals surface area contributed by atoms with E-state index in [1.165, 1.54) is 12.8 Å². The maximum Gasteiger partial charge on any atom is 0.303 e. The minimum Gasteiger partial charge on any atom is -0.662 e. The molecule has 0 aliphatic carbocycles. The molecule has 1 fully saturated rings. The molecular weight excluding hydrogens is 154 g/mol. The summed E-state index contributed by atoms with van der Waals surface area (Å²) in [6.07, 6.45) is 4.56. The number of aliphatic carboxylic acids is 1. The molecule has 0 spiro atoms. The lowest BCUT2D eigenvalue weighted by Crippen LogP contribution is -2.12. The van der Waals surface area contributed by atoms with Gasteiger partial charge in [-0.05, 0) is 12.3 Å². The molecule has 0 radical (unpaired) electrons. The first-order valence-corrected chi connectivity index (χ1v) is 4.64. The van der Waals surface area contributed by atoms with Crippen LogP contribution in [0.1, 0.15) is 32.1 Å². The smallest absolute Gasteiger partial charge is 0.303 e. The molecule has 0 aromatic heterocycles. The van der Waals surface area contributed by atoms with E-state index in [0.29, 0.717) is 6.42 Å². The molecule has 3 nitrogen and oxygen atoms in total. The zero-order valence-electron chi connectivity index (χ0n) is 7.33. The average Bonchev–Trinajstić information content (AvgIpc) is 2.05. The van der Waals surface area contributed by atoms with Gasteiger partial charge in [0.05, 0.1) is 0 Å². The second kappa shape index (κ2) is 5.14. The molecule has 0 amide bonds. The van der Waals surface area contributed by atoms with Gasteiger partial charge in [0, 0.05) is 6.42 Å². The lowest BCUT2D eigenvalue weighted by atomic mass is 9.93. The van der Waals surface area contributed by atoms with E-state index in [0.717, 1.165) is 31.8 Å². The molecule has 1 N–H and O–H groups in total. The first kappa shape index (κ1) is 9.52. The standard InChI is InChI=1S/C9H16NO2/c11-9(12)3-1-2-8-4-6-10-7-5-8/h8H,1-7H2,(H,11,12)/q-1. The van der Waals surface area contributed by atoms with Crippen LogP contribution in [0.25, 0.3) is 5.32 Å². The van der Waals surface area contributed by atoms with Gasteiger partial charge < -0.3 is 10.4 Å². The lowest BCUT2D eigenvalue weighted by Gasteiger charge is -2.31.